The number of hydrogen-bond donors (Lipinski definition) is 1. The third kappa shape index (κ3) is 2.40. The van der Waals surface area contributed by atoms with Gasteiger partial charge in [-0.3, -0.25) is 4.79 Å². The molecule has 0 saturated heterocycles. The first kappa shape index (κ1) is 14.4. The minimum Gasteiger partial charge on any atom is -0.465 e. The summed E-state index contributed by atoms with van der Waals surface area (Å²) in [7, 11) is 1.30. The number of furan rings is 1. The Morgan fingerprint density at radius 3 is 2.86 bits per heavy atom. The second kappa shape index (κ2) is 5.35. The van der Waals surface area contributed by atoms with E-state index in [9.17, 15) is 9.59 Å². The Morgan fingerprint density at radius 1 is 1.36 bits per heavy atom. The zero-order valence-corrected chi connectivity index (χ0v) is 12.7. The van der Waals surface area contributed by atoms with Crippen molar-refractivity contribution in [1.82, 2.24) is 0 Å². The fraction of sp³-hybridized carbons (Fsp3) is 0.125. The summed E-state index contributed by atoms with van der Waals surface area (Å²) in [6, 6.07) is 6.70. The highest BCUT2D eigenvalue weighted by Gasteiger charge is 2.25. The van der Waals surface area contributed by atoms with Gasteiger partial charge in [-0.25, -0.2) is 4.79 Å². The maximum absolute atomic E-state index is 12.1. The molecule has 1 aliphatic heterocycles. The number of nitrogens with one attached hydrogen (secondary N) is 1. The van der Waals surface area contributed by atoms with Gasteiger partial charge in [-0.2, -0.15) is 0 Å². The van der Waals surface area contributed by atoms with Crippen molar-refractivity contribution >= 4 is 40.8 Å². The summed E-state index contributed by atoms with van der Waals surface area (Å²) in [6.45, 7) is 1.66. The smallest absolute Gasteiger partial charge is 0.341 e. The maximum Gasteiger partial charge on any atom is 0.341 e. The first-order valence-corrected chi connectivity index (χ1v) is 6.89. The molecule has 1 amide bonds. The summed E-state index contributed by atoms with van der Waals surface area (Å²) in [6.07, 6.45) is 1.58. The van der Waals surface area contributed by atoms with Crippen LogP contribution in [0.15, 0.2) is 28.7 Å². The van der Waals surface area contributed by atoms with Gasteiger partial charge in [0.25, 0.3) is 5.91 Å². The van der Waals surface area contributed by atoms with Crippen LogP contribution in [0.5, 0.6) is 0 Å². The van der Waals surface area contributed by atoms with E-state index < -0.39 is 5.97 Å². The zero-order valence-electron chi connectivity index (χ0n) is 11.9. The van der Waals surface area contributed by atoms with Crippen LogP contribution in [0.4, 0.5) is 5.69 Å². The minimum atomic E-state index is -0.481. The molecule has 22 heavy (non-hydrogen) atoms. The second-order valence-electron chi connectivity index (χ2n) is 4.81. The molecule has 0 spiro atoms. The number of esters is 1. The van der Waals surface area contributed by atoms with E-state index >= 15 is 0 Å². The lowest BCUT2D eigenvalue weighted by Crippen LogP contribution is -2.03. The standard InChI is InChI=1S/C16H12ClNO4/c1-8-11(16(20)21-2)6-10(22-8)7-13-12-5-9(17)3-4-14(12)18-15(13)19/h3-7H,1-2H3,(H,18,19). The largest absolute Gasteiger partial charge is 0.465 e. The van der Waals surface area contributed by atoms with Gasteiger partial charge in [0.2, 0.25) is 0 Å². The Kier molecular flexibility index (Phi) is 3.50. The number of amides is 1. The van der Waals surface area contributed by atoms with E-state index in [0.29, 0.717) is 38.9 Å². The van der Waals surface area contributed by atoms with E-state index in [1.807, 2.05) is 0 Å². The highest BCUT2D eigenvalue weighted by Crippen LogP contribution is 2.35. The third-order valence-electron chi connectivity index (χ3n) is 3.39. The van der Waals surface area contributed by atoms with Crippen molar-refractivity contribution in [2.75, 3.05) is 12.4 Å². The third-order valence-corrected chi connectivity index (χ3v) is 3.63. The Morgan fingerprint density at radius 2 is 2.14 bits per heavy atom. The molecule has 2 aromatic rings. The normalized spacial score (nSPS) is 14.9. The quantitative estimate of drug-likeness (QED) is 0.679. The molecule has 0 aliphatic carbocycles. The molecule has 0 unspecified atom stereocenters. The number of methoxy groups -OCH3 is 1. The highest BCUT2D eigenvalue weighted by molar-refractivity contribution is 6.36. The van der Waals surface area contributed by atoms with Crippen molar-refractivity contribution in [2.24, 2.45) is 0 Å². The monoisotopic (exact) mass is 317 g/mol. The number of aryl methyl sites for hydroxylation is 1. The minimum absolute atomic E-state index is 0.245. The Hall–Kier alpha value is -2.53. The number of carbonyl (C=O) groups excluding carboxylic acids is 2. The molecule has 112 valence electrons. The van der Waals surface area contributed by atoms with Crippen molar-refractivity contribution < 1.29 is 18.7 Å². The van der Waals surface area contributed by atoms with Gasteiger partial charge in [-0.05, 0) is 37.3 Å². The van der Waals surface area contributed by atoms with Crippen molar-refractivity contribution in [3.63, 3.8) is 0 Å². The van der Waals surface area contributed by atoms with E-state index in [-0.39, 0.29) is 5.91 Å². The lowest BCUT2D eigenvalue weighted by molar-refractivity contribution is -0.110. The zero-order chi connectivity index (χ0) is 15.9. The van der Waals surface area contributed by atoms with Gasteiger partial charge in [0.15, 0.2) is 0 Å². The van der Waals surface area contributed by atoms with E-state index in [1.54, 1.807) is 37.3 Å². The van der Waals surface area contributed by atoms with Crippen molar-refractivity contribution in [1.29, 1.82) is 0 Å². The lowest BCUT2D eigenvalue weighted by atomic mass is 10.1. The van der Waals surface area contributed by atoms with Crippen LogP contribution in [0.1, 0.15) is 27.4 Å². The number of halogens is 1. The van der Waals surface area contributed by atoms with E-state index in [1.165, 1.54) is 7.11 Å². The highest BCUT2D eigenvalue weighted by atomic mass is 35.5. The fourth-order valence-electron chi connectivity index (χ4n) is 2.33. The molecule has 1 aromatic heterocycles. The molecule has 0 radical (unpaired) electrons. The van der Waals surface area contributed by atoms with Gasteiger partial charge in [-0.1, -0.05) is 11.6 Å². The lowest BCUT2D eigenvalue weighted by Gasteiger charge is -1.98. The van der Waals surface area contributed by atoms with E-state index in [4.69, 9.17) is 16.0 Å². The first-order chi connectivity index (χ1) is 10.5. The first-order valence-electron chi connectivity index (χ1n) is 6.51. The number of ether oxygens (including phenoxy) is 1. The number of hydrogen-bond acceptors (Lipinski definition) is 4. The van der Waals surface area contributed by atoms with Gasteiger partial charge in [0.05, 0.1) is 12.7 Å². The molecule has 0 saturated carbocycles. The summed E-state index contributed by atoms with van der Waals surface area (Å²) >= 11 is 5.98. The molecule has 1 N–H and O–H groups in total. The molecule has 2 heterocycles. The number of carbonyl (C=O) groups is 2. The molecular weight excluding hydrogens is 306 g/mol. The summed E-state index contributed by atoms with van der Waals surface area (Å²) in [4.78, 5) is 23.7. The van der Waals surface area contributed by atoms with Crippen LogP contribution in [-0.4, -0.2) is 19.0 Å². The molecular formula is C16H12ClNO4. The number of anilines is 1. The van der Waals surface area contributed by atoms with Gasteiger partial charge in [0.1, 0.15) is 17.1 Å². The van der Waals surface area contributed by atoms with Crippen molar-refractivity contribution in [3.8, 4) is 0 Å². The van der Waals surface area contributed by atoms with Gasteiger partial charge in [0, 0.05) is 16.3 Å². The molecule has 5 nitrogen and oxygen atoms in total. The van der Waals surface area contributed by atoms with Crippen LogP contribution in [0.25, 0.3) is 11.6 Å². The number of rotatable bonds is 2. The molecule has 3 rings (SSSR count). The average molecular weight is 318 g/mol. The Bertz CT molecular complexity index is 820. The summed E-state index contributed by atoms with van der Waals surface area (Å²) in [5.74, 6) is 0.107. The Labute approximate surface area is 131 Å². The van der Waals surface area contributed by atoms with Crippen LogP contribution < -0.4 is 5.32 Å². The summed E-state index contributed by atoms with van der Waals surface area (Å²) in [5, 5.41) is 3.29. The molecule has 0 bridgehead atoms. The molecule has 0 fully saturated rings. The topological polar surface area (TPSA) is 68.5 Å². The Balaban J connectivity index is 2.05. The molecule has 1 aliphatic rings. The predicted octanol–water partition coefficient (Wildman–Crippen LogP) is 3.52. The van der Waals surface area contributed by atoms with Crippen LogP contribution >= 0.6 is 11.6 Å². The van der Waals surface area contributed by atoms with E-state index in [0.717, 1.165) is 0 Å². The van der Waals surface area contributed by atoms with Gasteiger partial charge in [-0.15, -0.1) is 0 Å². The molecule has 0 atom stereocenters. The summed E-state index contributed by atoms with van der Waals surface area (Å²) < 4.78 is 10.2. The molecule has 1 aromatic carbocycles. The van der Waals surface area contributed by atoms with E-state index in [2.05, 4.69) is 10.1 Å². The van der Waals surface area contributed by atoms with Crippen LogP contribution in [0.3, 0.4) is 0 Å². The molecule has 6 heteroatoms. The second-order valence-corrected chi connectivity index (χ2v) is 5.25. The maximum atomic E-state index is 12.1. The summed E-state index contributed by atoms with van der Waals surface area (Å²) in [5.41, 5.74) is 2.16. The van der Waals surface area contributed by atoms with Crippen LogP contribution in [0, 0.1) is 6.92 Å². The average Bonchev–Trinajstić information content (AvgIpc) is 3.00. The van der Waals surface area contributed by atoms with Crippen molar-refractivity contribution in [3.05, 3.63) is 51.9 Å². The van der Waals surface area contributed by atoms with Gasteiger partial charge >= 0.3 is 5.97 Å². The predicted molar refractivity (Wildman–Crippen MR) is 82.7 cm³/mol. The van der Waals surface area contributed by atoms with Crippen molar-refractivity contribution in [2.45, 2.75) is 6.92 Å². The number of benzene rings is 1. The SMILES string of the molecule is COC(=O)c1cc(C=C2C(=O)Nc3ccc(Cl)cc32)oc1C. The van der Waals surface area contributed by atoms with Gasteiger partial charge < -0.3 is 14.5 Å². The van der Waals surface area contributed by atoms with Crippen LogP contribution in [-0.2, 0) is 9.53 Å². The van der Waals surface area contributed by atoms with Crippen LogP contribution in [0.2, 0.25) is 5.02 Å². The fourth-order valence-corrected chi connectivity index (χ4v) is 2.51. The number of fused-ring (bicyclic) bond motifs is 1.